The minimum absolute atomic E-state index is 0.0343. The number of piperidine rings is 1. The first kappa shape index (κ1) is 15.9. The average molecular weight is 311 g/mol. The van der Waals surface area contributed by atoms with Crippen molar-refractivity contribution in [2.45, 2.75) is 23.8 Å². The molecular formula is C13H17N3O4S. The number of hydrogen-bond donors (Lipinski definition) is 1. The molecule has 21 heavy (non-hydrogen) atoms. The van der Waals surface area contributed by atoms with Gasteiger partial charge in [-0.15, -0.1) is 0 Å². The summed E-state index contributed by atoms with van der Waals surface area (Å²) in [7, 11) is -3.71. The fourth-order valence-corrected chi connectivity index (χ4v) is 3.84. The van der Waals surface area contributed by atoms with E-state index in [2.05, 4.69) is 4.98 Å². The minimum Gasteiger partial charge on any atom is -0.394 e. The molecule has 0 radical (unpaired) electrons. The van der Waals surface area contributed by atoms with Crippen molar-refractivity contribution in [2.75, 3.05) is 26.3 Å². The summed E-state index contributed by atoms with van der Waals surface area (Å²) in [5.74, 6) is 0. The van der Waals surface area contributed by atoms with Crippen LogP contribution in [0.4, 0.5) is 0 Å². The molecule has 114 valence electrons. The van der Waals surface area contributed by atoms with Gasteiger partial charge in [-0.05, 0) is 25.0 Å². The van der Waals surface area contributed by atoms with Gasteiger partial charge in [-0.25, -0.2) is 13.4 Å². The Bertz CT molecular complexity index is 619. The molecule has 2 heterocycles. The fraction of sp³-hybridized carbons (Fsp3) is 0.538. The Morgan fingerprint density at radius 3 is 2.81 bits per heavy atom. The number of aliphatic hydroxyl groups is 1. The summed E-state index contributed by atoms with van der Waals surface area (Å²) in [5, 5.41) is 17.7. The van der Waals surface area contributed by atoms with Gasteiger partial charge in [-0.3, -0.25) is 0 Å². The molecule has 0 atom stereocenters. The van der Waals surface area contributed by atoms with Crippen molar-refractivity contribution in [3.63, 3.8) is 0 Å². The second-order valence-electron chi connectivity index (χ2n) is 4.66. The van der Waals surface area contributed by atoms with Crippen molar-refractivity contribution in [1.29, 1.82) is 5.26 Å². The van der Waals surface area contributed by atoms with Gasteiger partial charge in [0.05, 0.1) is 19.3 Å². The summed E-state index contributed by atoms with van der Waals surface area (Å²) in [6.07, 6.45) is 2.50. The van der Waals surface area contributed by atoms with E-state index in [0.29, 0.717) is 25.9 Å². The number of nitrogens with zero attached hydrogens (tertiary/aromatic N) is 3. The molecule has 0 aromatic carbocycles. The topological polar surface area (TPSA) is 104 Å². The number of aliphatic hydroxyl groups excluding tert-OH is 1. The lowest BCUT2D eigenvalue weighted by Crippen LogP contribution is -2.41. The van der Waals surface area contributed by atoms with E-state index in [1.165, 1.54) is 22.6 Å². The summed E-state index contributed by atoms with van der Waals surface area (Å²) in [6.45, 7) is 0.884. The lowest BCUT2D eigenvalue weighted by Gasteiger charge is -2.31. The first-order chi connectivity index (χ1) is 10.1. The average Bonchev–Trinajstić information content (AvgIpc) is 2.53. The van der Waals surface area contributed by atoms with Crippen LogP contribution in [0.25, 0.3) is 0 Å². The third kappa shape index (κ3) is 3.57. The maximum atomic E-state index is 12.5. The van der Waals surface area contributed by atoms with Crippen LogP contribution in [-0.2, 0) is 14.8 Å². The Labute approximate surface area is 123 Å². The third-order valence-corrected chi connectivity index (χ3v) is 5.27. The van der Waals surface area contributed by atoms with Gasteiger partial charge in [0.25, 0.3) is 0 Å². The van der Waals surface area contributed by atoms with Crippen molar-refractivity contribution < 1.29 is 18.3 Å². The van der Waals surface area contributed by atoms with E-state index in [0.717, 1.165) is 0 Å². The van der Waals surface area contributed by atoms with Crippen molar-refractivity contribution in [3.05, 3.63) is 24.0 Å². The van der Waals surface area contributed by atoms with Crippen molar-refractivity contribution >= 4 is 10.0 Å². The summed E-state index contributed by atoms with van der Waals surface area (Å²) in [4.78, 5) is 3.74. The molecule has 0 spiro atoms. The fourth-order valence-electron chi connectivity index (χ4n) is 2.28. The second-order valence-corrected chi connectivity index (χ2v) is 6.57. The smallest absolute Gasteiger partial charge is 0.245 e. The molecule has 0 bridgehead atoms. The maximum Gasteiger partial charge on any atom is 0.245 e. The minimum atomic E-state index is -3.71. The van der Waals surface area contributed by atoms with Gasteiger partial charge in [-0.2, -0.15) is 9.57 Å². The van der Waals surface area contributed by atoms with Gasteiger partial charge in [0.2, 0.25) is 10.0 Å². The van der Waals surface area contributed by atoms with Crippen molar-refractivity contribution in [2.24, 2.45) is 0 Å². The van der Waals surface area contributed by atoms with E-state index >= 15 is 0 Å². The van der Waals surface area contributed by atoms with Crippen molar-refractivity contribution in [3.8, 4) is 6.07 Å². The van der Waals surface area contributed by atoms with Gasteiger partial charge in [0, 0.05) is 19.3 Å². The number of sulfonamides is 1. The van der Waals surface area contributed by atoms with Gasteiger partial charge in [-0.1, -0.05) is 0 Å². The molecule has 1 aromatic heterocycles. The zero-order valence-electron chi connectivity index (χ0n) is 11.5. The van der Waals surface area contributed by atoms with Crippen molar-refractivity contribution in [1.82, 2.24) is 9.29 Å². The molecule has 1 aliphatic rings. The Morgan fingerprint density at radius 2 is 2.19 bits per heavy atom. The molecule has 7 nitrogen and oxygen atoms in total. The van der Waals surface area contributed by atoms with Crippen LogP contribution in [0.15, 0.2) is 23.2 Å². The number of nitriles is 1. The number of ether oxygens (including phenoxy) is 1. The second kappa shape index (κ2) is 6.95. The molecule has 1 aromatic rings. The zero-order valence-corrected chi connectivity index (χ0v) is 12.3. The van der Waals surface area contributed by atoms with Crippen LogP contribution in [0.5, 0.6) is 0 Å². The van der Waals surface area contributed by atoms with Crippen LogP contribution in [0.1, 0.15) is 18.5 Å². The lowest BCUT2D eigenvalue weighted by molar-refractivity contribution is 0.00318. The Morgan fingerprint density at radius 1 is 1.48 bits per heavy atom. The maximum absolute atomic E-state index is 12.5. The van der Waals surface area contributed by atoms with Crippen LogP contribution in [-0.4, -0.2) is 55.2 Å². The number of hydrogen-bond acceptors (Lipinski definition) is 6. The van der Waals surface area contributed by atoms with E-state index < -0.39 is 10.0 Å². The van der Waals surface area contributed by atoms with E-state index in [-0.39, 0.29) is 29.9 Å². The van der Waals surface area contributed by atoms with Gasteiger partial charge in [0.1, 0.15) is 11.0 Å². The first-order valence-electron chi connectivity index (χ1n) is 6.67. The summed E-state index contributed by atoms with van der Waals surface area (Å²) >= 11 is 0. The SMILES string of the molecule is N#Cc1ncccc1S(=O)(=O)N1CCC(OCCO)CC1. The number of aromatic nitrogens is 1. The van der Waals surface area contributed by atoms with E-state index in [4.69, 9.17) is 15.1 Å². The number of pyridine rings is 1. The predicted octanol–water partition coefficient (Wildman–Crippen LogP) is 0.115. The van der Waals surface area contributed by atoms with Gasteiger partial charge < -0.3 is 9.84 Å². The number of rotatable bonds is 5. The molecule has 0 unspecified atom stereocenters. The Balaban J connectivity index is 2.10. The standard InChI is InChI=1S/C13H17N3O4S/c14-10-12-13(2-1-5-15-12)21(18,19)16-6-3-11(4-7-16)20-9-8-17/h1-2,5,11,17H,3-4,6-9H2. The molecule has 0 amide bonds. The van der Waals surface area contributed by atoms with E-state index in [1.807, 2.05) is 6.07 Å². The Kier molecular flexibility index (Phi) is 5.25. The molecule has 0 saturated carbocycles. The molecular weight excluding hydrogens is 294 g/mol. The third-order valence-electron chi connectivity index (χ3n) is 3.34. The molecule has 0 aliphatic carbocycles. The zero-order chi connectivity index (χ0) is 15.3. The highest BCUT2D eigenvalue weighted by Gasteiger charge is 2.31. The van der Waals surface area contributed by atoms with Crippen LogP contribution < -0.4 is 0 Å². The summed E-state index contributed by atoms with van der Waals surface area (Å²) < 4.78 is 31.8. The molecule has 2 rings (SSSR count). The molecule has 1 aliphatic heterocycles. The molecule has 1 saturated heterocycles. The quantitative estimate of drug-likeness (QED) is 0.828. The normalized spacial score (nSPS) is 17.5. The van der Waals surface area contributed by atoms with Gasteiger partial charge >= 0.3 is 0 Å². The van der Waals surface area contributed by atoms with Crippen LogP contribution in [0.2, 0.25) is 0 Å². The highest BCUT2D eigenvalue weighted by molar-refractivity contribution is 7.89. The molecule has 8 heteroatoms. The van der Waals surface area contributed by atoms with Crippen LogP contribution in [0.3, 0.4) is 0 Å². The largest absolute Gasteiger partial charge is 0.394 e. The molecule has 1 fully saturated rings. The van der Waals surface area contributed by atoms with Gasteiger partial charge in [0.15, 0.2) is 5.69 Å². The van der Waals surface area contributed by atoms with Crippen LogP contribution >= 0.6 is 0 Å². The monoisotopic (exact) mass is 311 g/mol. The highest BCUT2D eigenvalue weighted by Crippen LogP contribution is 2.23. The predicted molar refractivity (Wildman–Crippen MR) is 73.8 cm³/mol. The Hall–Kier alpha value is -1.53. The summed E-state index contributed by atoms with van der Waals surface area (Å²) in [6, 6.07) is 4.71. The van der Waals surface area contributed by atoms with E-state index in [9.17, 15) is 8.42 Å². The lowest BCUT2D eigenvalue weighted by atomic mass is 10.1. The van der Waals surface area contributed by atoms with E-state index in [1.54, 1.807) is 0 Å². The van der Waals surface area contributed by atoms with Crippen LogP contribution in [0, 0.1) is 11.3 Å². The highest BCUT2D eigenvalue weighted by atomic mass is 32.2. The first-order valence-corrected chi connectivity index (χ1v) is 8.11. The summed E-state index contributed by atoms with van der Waals surface area (Å²) in [5.41, 5.74) is -0.0869. The molecule has 1 N–H and O–H groups in total.